The van der Waals surface area contributed by atoms with Crippen LogP contribution in [0.1, 0.15) is 6.92 Å². The fourth-order valence-corrected chi connectivity index (χ4v) is 3.08. The van der Waals surface area contributed by atoms with Crippen molar-refractivity contribution in [3.63, 3.8) is 0 Å². The van der Waals surface area contributed by atoms with E-state index in [2.05, 4.69) is 10.2 Å². The van der Waals surface area contributed by atoms with Crippen LogP contribution in [0.15, 0.2) is 11.6 Å². The van der Waals surface area contributed by atoms with E-state index in [9.17, 15) is 27.2 Å². The van der Waals surface area contributed by atoms with Crippen LogP contribution in [0.5, 0.6) is 0 Å². The van der Waals surface area contributed by atoms with Crippen molar-refractivity contribution >= 4 is 47.0 Å². The number of fused-ring (bicyclic) bond motifs is 2. The van der Waals surface area contributed by atoms with Crippen molar-refractivity contribution in [3.8, 4) is 0 Å². The van der Waals surface area contributed by atoms with E-state index in [-0.39, 0.29) is 38.5 Å². The third-order valence-electron chi connectivity index (χ3n) is 3.69. The Labute approximate surface area is 166 Å². The van der Waals surface area contributed by atoms with Crippen LogP contribution in [0.4, 0.5) is 9.18 Å². The Bertz CT molecular complexity index is 748. The van der Waals surface area contributed by atoms with Crippen molar-refractivity contribution in [1.29, 1.82) is 0 Å². The van der Waals surface area contributed by atoms with Gasteiger partial charge in [-0.25, -0.2) is 28.7 Å². The molecule has 0 spiro atoms. The maximum atomic E-state index is 13.3. The van der Waals surface area contributed by atoms with E-state index >= 15 is 0 Å². The van der Waals surface area contributed by atoms with Gasteiger partial charge in [0.1, 0.15) is 6.04 Å². The normalized spacial score (nSPS) is 22.8. The molecule has 3 atom stereocenters. The molecule has 2 rings (SSSR count). The maximum absolute atomic E-state index is 13.3. The molecule has 27 heavy (non-hydrogen) atoms. The number of urea groups is 1. The van der Waals surface area contributed by atoms with Gasteiger partial charge in [-0.3, -0.25) is 4.79 Å². The Morgan fingerprint density at radius 3 is 2.67 bits per heavy atom. The van der Waals surface area contributed by atoms with Gasteiger partial charge in [0, 0.05) is 13.1 Å². The van der Waals surface area contributed by atoms with E-state index in [1.807, 2.05) is 4.72 Å². The van der Waals surface area contributed by atoms with Crippen LogP contribution in [0, 0.1) is 0 Å². The SMILES string of the molecule is CC1=C[C@@H]2CN(C(=O)N2O[C@@H](F)C(=O)O)[C@@H]1C(=O)NCCNS(N)(=O)=O.[LiH]. The predicted octanol–water partition coefficient (Wildman–Crippen LogP) is -3.01. The molecule has 2 aliphatic rings. The standard InChI is InChI=1S/C12H18FN5O7S.Li.H/c1-6-4-7-5-17(12(22)18(7)25-9(13)11(20)21)8(6)10(19)15-2-3-16-26(14,23)24;;/h4,7-9,16H,2-3,5H2,1H3,(H,15,19)(H,20,21)(H2,14,23,24);;/t7-,8+,9-;;/m1../s1. The molecule has 1 fully saturated rings. The summed E-state index contributed by atoms with van der Waals surface area (Å²) in [7, 11) is -3.89. The fraction of sp³-hybridized carbons (Fsp3) is 0.583. The number of carbonyl (C=O) groups is 3. The molecule has 0 aromatic carbocycles. The number of nitrogens with two attached hydrogens (primary N) is 1. The Kier molecular flexibility index (Phi) is 7.78. The van der Waals surface area contributed by atoms with E-state index in [1.165, 1.54) is 6.08 Å². The van der Waals surface area contributed by atoms with Gasteiger partial charge in [-0.1, -0.05) is 6.08 Å². The number of nitrogens with one attached hydrogen (secondary N) is 2. The first-order chi connectivity index (χ1) is 12.0. The van der Waals surface area contributed by atoms with Crippen molar-refractivity contribution < 1.29 is 37.1 Å². The molecule has 3 amide bonds. The summed E-state index contributed by atoms with van der Waals surface area (Å²) in [6.07, 6.45) is -1.22. The molecule has 0 radical (unpaired) electrons. The van der Waals surface area contributed by atoms with Crippen LogP contribution in [-0.2, 0) is 24.6 Å². The van der Waals surface area contributed by atoms with Gasteiger partial charge in [0.05, 0.1) is 12.6 Å². The van der Waals surface area contributed by atoms with Gasteiger partial charge < -0.3 is 15.3 Å². The minimum atomic E-state index is -3.89. The minimum absolute atomic E-state index is 0. The summed E-state index contributed by atoms with van der Waals surface area (Å²) < 4.78 is 36.7. The van der Waals surface area contributed by atoms with Gasteiger partial charge in [-0.05, 0) is 12.5 Å². The molecule has 0 aromatic heterocycles. The van der Waals surface area contributed by atoms with Crippen molar-refractivity contribution in [2.75, 3.05) is 19.6 Å². The summed E-state index contributed by atoms with van der Waals surface area (Å²) in [5.41, 5.74) is 0.475. The van der Waals surface area contributed by atoms with Gasteiger partial charge in [-0.15, -0.1) is 0 Å². The Hall–Kier alpha value is -1.69. The fourth-order valence-electron chi connectivity index (χ4n) is 2.69. The van der Waals surface area contributed by atoms with Gasteiger partial charge in [0.15, 0.2) is 0 Å². The number of hydrogen-bond donors (Lipinski definition) is 4. The van der Waals surface area contributed by atoms with E-state index in [1.54, 1.807) is 6.92 Å². The predicted molar refractivity (Wildman–Crippen MR) is 90.2 cm³/mol. The van der Waals surface area contributed by atoms with Crippen LogP contribution in [-0.4, -0.2) is 98.3 Å². The third-order valence-corrected chi connectivity index (χ3v) is 4.30. The summed E-state index contributed by atoms with van der Waals surface area (Å²) in [4.78, 5) is 40.8. The van der Waals surface area contributed by atoms with Gasteiger partial charge in [0.25, 0.3) is 10.2 Å². The molecule has 0 aromatic rings. The van der Waals surface area contributed by atoms with Crippen molar-refractivity contribution in [3.05, 3.63) is 11.6 Å². The zero-order chi connectivity index (χ0) is 19.6. The van der Waals surface area contributed by atoms with Crippen molar-refractivity contribution in [2.24, 2.45) is 5.14 Å². The number of alkyl halides is 1. The monoisotopic (exact) mass is 403 g/mol. The van der Waals surface area contributed by atoms with Crippen LogP contribution in [0.2, 0.25) is 0 Å². The second kappa shape index (κ2) is 9.00. The quantitative estimate of drug-likeness (QED) is 0.190. The summed E-state index contributed by atoms with van der Waals surface area (Å²) in [5.74, 6) is -2.47. The van der Waals surface area contributed by atoms with Gasteiger partial charge in [-0.2, -0.15) is 13.5 Å². The Morgan fingerprint density at radius 1 is 1.48 bits per heavy atom. The Balaban J connectivity index is 0.00000364. The number of nitrogens with zero attached hydrogens (tertiary/aromatic N) is 2. The van der Waals surface area contributed by atoms with Crippen LogP contribution >= 0.6 is 0 Å². The van der Waals surface area contributed by atoms with E-state index in [0.29, 0.717) is 10.6 Å². The van der Waals surface area contributed by atoms with E-state index in [0.717, 1.165) is 4.90 Å². The van der Waals surface area contributed by atoms with Crippen molar-refractivity contribution in [2.45, 2.75) is 25.4 Å². The number of halogens is 1. The molecule has 12 nitrogen and oxygen atoms in total. The van der Waals surface area contributed by atoms with Crippen LogP contribution < -0.4 is 15.2 Å². The molecule has 0 aliphatic carbocycles. The summed E-state index contributed by atoms with van der Waals surface area (Å²) in [5, 5.41) is 16.3. The first kappa shape index (κ1) is 23.3. The van der Waals surface area contributed by atoms with Gasteiger partial charge in [0.2, 0.25) is 5.91 Å². The van der Waals surface area contributed by atoms with Crippen molar-refractivity contribution in [1.82, 2.24) is 20.0 Å². The number of aliphatic carboxylic acids is 1. The molecule has 15 heteroatoms. The second-order valence-corrected chi connectivity index (χ2v) is 7.01. The van der Waals surface area contributed by atoms with E-state index < -0.39 is 46.6 Å². The molecule has 0 unspecified atom stereocenters. The van der Waals surface area contributed by atoms with Gasteiger partial charge >= 0.3 is 37.2 Å². The molecule has 0 saturated carbocycles. The molecule has 1 saturated heterocycles. The first-order valence-electron chi connectivity index (χ1n) is 7.38. The molecular formula is C12H19FLiN5O7S. The number of carbonyl (C=O) groups excluding carboxylic acids is 2. The third kappa shape index (κ3) is 5.64. The zero-order valence-electron chi connectivity index (χ0n) is 13.6. The molecule has 5 N–H and O–H groups in total. The molecule has 2 heterocycles. The summed E-state index contributed by atoms with van der Waals surface area (Å²) in [6.45, 7) is 1.37. The summed E-state index contributed by atoms with van der Waals surface area (Å²) >= 11 is 0. The van der Waals surface area contributed by atoms with Crippen LogP contribution in [0.25, 0.3) is 0 Å². The topological polar surface area (TPSA) is 171 Å². The first-order valence-corrected chi connectivity index (χ1v) is 8.93. The number of hydroxylamine groups is 2. The molecule has 2 aliphatic heterocycles. The number of hydrogen-bond acceptors (Lipinski definition) is 6. The average molecular weight is 403 g/mol. The number of carboxylic acids is 1. The second-order valence-electron chi connectivity index (χ2n) is 5.63. The zero-order valence-corrected chi connectivity index (χ0v) is 14.4. The average Bonchev–Trinajstić information content (AvgIpc) is 2.75. The Morgan fingerprint density at radius 2 is 2.11 bits per heavy atom. The number of carboxylic acid groups (broad SMARTS) is 1. The number of amides is 3. The molecular weight excluding hydrogens is 384 g/mol. The summed E-state index contributed by atoms with van der Waals surface area (Å²) in [6, 6.07) is -2.59. The van der Waals surface area contributed by atoms with Crippen LogP contribution in [0.3, 0.4) is 0 Å². The molecule has 148 valence electrons. The number of rotatable bonds is 8. The molecule has 2 bridgehead atoms. The van der Waals surface area contributed by atoms with E-state index in [4.69, 9.17) is 10.2 Å².